The van der Waals surface area contributed by atoms with Gasteiger partial charge < -0.3 is 14.8 Å². The van der Waals surface area contributed by atoms with Crippen LogP contribution >= 0.6 is 0 Å². The number of amides is 1. The molecule has 0 bridgehead atoms. The molecule has 0 fully saturated rings. The molecule has 1 amide bonds. The van der Waals surface area contributed by atoms with E-state index in [1.807, 2.05) is 6.07 Å². The smallest absolute Gasteiger partial charge is 0.237 e. The van der Waals surface area contributed by atoms with Gasteiger partial charge in [0.15, 0.2) is 11.5 Å². The minimum absolute atomic E-state index is 0.285. The van der Waals surface area contributed by atoms with Gasteiger partial charge in [0, 0.05) is 18.0 Å². The Bertz CT molecular complexity index is 914. The van der Waals surface area contributed by atoms with Crippen molar-refractivity contribution < 1.29 is 18.7 Å². The van der Waals surface area contributed by atoms with Gasteiger partial charge in [0.25, 0.3) is 0 Å². The molecule has 0 saturated heterocycles. The first-order valence-electron chi connectivity index (χ1n) is 8.31. The molecule has 1 N–H and O–H groups in total. The van der Waals surface area contributed by atoms with Gasteiger partial charge in [0.1, 0.15) is 11.7 Å². The highest BCUT2D eigenvalue weighted by Crippen LogP contribution is 2.31. The summed E-state index contributed by atoms with van der Waals surface area (Å²) in [5.41, 5.74) is 1.77. The van der Waals surface area contributed by atoms with Crippen LogP contribution in [0.3, 0.4) is 0 Å². The number of anilines is 1. The largest absolute Gasteiger partial charge is 0.493 e. The lowest BCUT2D eigenvalue weighted by Gasteiger charge is -2.18. The summed E-state index contributed by atoms with van der Waals surface area (Å²) in [6.45, 7) is 0. The van der Waals surface area contributed by atoms with E-state index in [4.69, 9.17) is 9.47 Å². The van der Waals surface area contributed by atoms with Crippen molar-refractivity contribution in [1.82, 2.24) is 4.98 Å². The highest BCUT2D eigenvalue weighted by atomic mass is 19.1. The van der Waals surface area contributed by atoms with Crippen molar-refractivity contribution >= 4 is 11.6 Å². The molecular weight excluding hydrogens is 347 g/mol. The third-order valence-corrected chi connectivity index (χ3v) is 4.10. The second kappa shape index (κ2) is 8.31. The van der Waals surface area contributed by atoms with Gasteiger partial charge in [-0.05, 0) is 42.0 Å². The third-order valence-electron chi connectivity index (χ3n) is 4.10. The molecule has 2 aromatic carbocycles. The molecule has 138 valence electrons. The van der Waals surface area contributed by atoms with Gasteiger partial charge >= 0.3 is 0 Å². The molecule has 0 saturated carbocycles. The minimum atomic E-state index is -0.681. The normalized spacial score (nSPS) is 11.5. The Kier molecular flexibility index (Phi) is 5.66. The predicted octanol–water partition coefficient (Wildman–Crippen LogP) is 4.01. The highest BCUT2D eigenvalue weighted by molar-refractivity contribution is 5.98. The van der Waals surface area contributed by atoms with Crippen molar-refractivity contribution in [3.63, 3.8) is 0 Å². The Morgan fingerprint density at radius 3 is 2.37 bits per heavy atom. The molecule has 5 nitrogen and oxygen atoms in total. The zero-order valence-corrected chi connectivity index (χ0v) is 15.0. The van der Waals surface area contributed by atoms with Crippen molar-refractivity contribution in [2.45, 2.75) is 5.92 Å². The van der Waals surface area contributed by atoms with Crippen molar-refractivity contribution in [3.05, 3.63) is 83.9 Å². The molecule has 1 aromatic heterocycles. The number of aromatic nitrogens is 1. The zero-order chi connectivity index (χ0) is 19.2. The van der Waals surface area contributed by atoms with Gasteiger partial charge in [0.05, 0.1) is 19.9 Å². The number of hydrogen-bond donors (Lipinski definition) is 1. The first-order valence-corrected chi connectivity index (χ1v) is 8.31. The number of hydrogen-bond acceptors (Lipinski definition) is 4. The van der Waals surface area contributed by atoms with Crippen LogP contribution in [0, 0.1) is 5.82 Å². The average Bonchev–Trinajstić information content (AvgIpc) is 2.70. The number of halogens is 1. The molecule has 0 spiro atoms. The van der Waals surface area contributed by atoms with E-state index in [1.165, 1.54) is 19.2 Å². The third kappa shape index (κ3) is 4.23. The number of carbonyl (C=O) groups excluding carboxylic acids is 1. The topological polar surface area (TPSA) is 60.5 Å². The molecule has 0 aliphatic carbocycles. The van der Waals surface area contributed by atoms with Gasteiger partial charge in [-0.2, -0.15) is 0 Å². The number of nitrogens with one attached hydrogen (secondary N) is 1. The maximum atomic E-state index is 13.3. The molecule has 1 heterocycles. The van der Waals surface area contributed by atoms with Gasteiger partial charge in [-0.3, -0.25) is 9.78 Å². The van der Waals surface area contributed by atoms with E-state index < -0.39 is 5.92 Å². The maximum absolute atomic E-state index is 13.3. The van der Waals surface area contributed by atoms with Crippen molar-refractivity contribution in [2.24, 2.45) is 0 Å². The van der Waals surface area contributed by atoms with E-state index in [0.717, 1.165) is 0 Å². The molecule has 3 aromatic rings. The summed E-state index contributed by atoms with van der Waals surface area (Å²) in [4.78, 5) is 17.3. The van der Waals surface area contributed by atoms with Crippen LogP contribution in [0.25, 0.3) is 0 Å². The minimum Gasteiger partial charge on any atom is -0.493 e. The van der Waals surface area contributed by atoms with Gasteiger partial charge in [-0.15, -0.1) is 0 Å². The van der Waals surface area contributed by atoms with Crippen molar-refractivity contribution in [2.75, 3.05) is 19.5 Å². The molecule has 1 atom stereocenters. The Morgan fingerprint density at radius 1 is 1.00 bits per heavy atom. The van der Waals surface area contributed by atoms with Crippen LogP contribution in [0.15, 0.2) is 66.9 Å². The standard InChI is InChI=1S/C21H19FN2O3/c1-26-18-11-10-16(13-19(18)27-2)24-21(25)20(17-5-3-4-12-23-17)14-6-8-15(22)9-7-14/h3-13,20H,1-2H3,(H,24,25). The number of benzene rings is 2. The summed E-state index contributed by atoms with van der Waals surface area (Å²) in [5, 5.41) is 2.87. The monoisotopic (exact) mass is 366 g/mol. The van der Waals surface area contributed by atoms with Crippen molar-refractivity contribution in [3.8, 4) is 11.5 Å². The van der Waals surface area contributed by atoms with Crippen LogP contribution in [0.1, 0.15) is 17.2 Å². The van der Waals surface area contributed by atoms with Gasteiger partial charge in [-0.25, -0.2) is 4.39 Å². The Morgan fingerprint density at radius 2 is 1.74 bits per heavy atom. The fourth-order valence-electron chi connectivity index (χ4n) is 2.79. The number of carbonyl (C=O) groups is 1. The Balaban J connectivity index is 1.93. The Hall–Kier alpha value is -3.41. The fraction of sp³-hybridized carbons (Fsp3) is 0.143. The second-order valence-electron chi connectivity index (χ2n) is 5.80. The van der Waals surface area contributed by atoms with Crippen LogP contribution in [0.4, 0.5) is 10.1 Å². The van der Waals surface area contributed by atoms with Crippen LogP contribution < -0.4 is 14.8 Å². The molecule has 0 radical (unpaired) electrons. The molecule has 6 heteroatoms. The lowest BCUT2D eigenvalue weighted by Crippen LogP contribution is -2.23. The first kappa shape index (κ1) is 18.4. The van der Waals surface area contributed by atoms with E-state index in [1.54, 1.807) is 55.8 Å². The van der Waals surface area contributed by atoms with Crippen molar-refractivity contribution in [1.29, 1.82) is 0 Å². The predicted molar refractivity (Wildman–Crippen MR) is 101 cm³/mol. The highest BCUT2D eigenvalue weighted by Gasteiger charge is 2.24. The first-order chi connectivity index (χ1) is 13.1. The SMILES string of the molecule is COc1ccc(NC(=O)C(c2ccc(F)cc2)c2ccccn2)cc1OC. The molecular formula is C21H19FN2O3. The summed E-state index contributed by atoms with van der Waals surface area (Å²) in [6, 6.07) is 16.3. The number of nitrogens with zero attached hydrogens (tertiary/aromatic N) is 1. The lowest BCUT2D eigenvalue weighted by molar-refractivity contribution is -0.116. The molecule has 0 aliphatic heterocycles. The molecule has 3 rings (SSSR count). The summed E-state index contributed by atoms with van der Waals surface area (Å²) in [5.74, 6) is -0.256. The summed E-state index contributed by atoms with van der Waals surface area (Å²) < 4.78 is 23.8. The van der Waals surface area contributed by atoms with E-state index in [9.17, 15) is 9.18 Å². The van der Waals surface area contributed by atoms with Crippen LogP contribution in [0.5, 0.6) is 11.5 Å². The average molecular weight is 366 g/mol. The van der Waals surface area contributed by atoms with Crippen LogP contribution in [0.2, 0.25) is 0 Å². The summed E-state index contributed by atoms with van der Waals surface area (Å²) in [6.07, 6.45) is 1.62. The van der Waals surface area contributed by atoms with Gasteiger partial charge in [0.2, 0.25) is 5.91 Å². The number of pyridine rings is 1. The van der Waals surface area contributed by atoms with E-state index in [0.29, 0.717) is 28.4 Å². The lowest BCUT2D eigenvalue weighted by atomic mass is 9.94. The molecule has 1 unspecified atom stereocenters. The molecule has 27 heavy (non-hydrogen) atoms. The zero-order valence-electron chi connectivity index (χ0n) is 15.0. The van der Waals surface area contributed by atoms with E-state index in [2.05, 4.69) is 10.3 Å². The van der Waals surface area contributed by atoms with E-state index >= 15 is 0 Å². The number of rotatable bonds is 6. The molecule has 0 aliphatic rings. The van der Waals surface area contributed by atoms with E-state index in [-0.39, 0.29) is 11.7 Å². The Labute approximate surface area is 156 Å². The quantitative estimate of drug-likeness (QED) is 0.716. The number of ether oxygens (including phenoxy) is 2. The fourth-order valence-corrected chi connectivity index (χ4v) is 2.79. The van der Waals surface area contributed by atoms with Gasteiger partial charge in [-0.1, -0.05) is 18.2 Å². The second-order valence-corrected chi connectivity index (χ2v) is 5.80. The summed E-state index contributed by atoms with van der Waals surface area (Å²) in [7, 11) is 3.07. The number of methoxy groups -OCH3 is 2. The van der Waals surface area contributed by atoms with Crippen LogP contribution in [-0.2, 0) is 4.79 Å². The maximum Gasteiger partial charge on any atom is 0.237 e. The van der Waals surface area contributed by atoms with Crippen LogP contribution in [-0.4, -0.2) is 25.1 Å². The summed E-state index contributed by atoms with van der Waals surface area (Å²) >= 11 is 0.